The quantitative estimate of drug-likeness (QED) is 0.209. The van der Waals surface area contributed by atoms with Gasteiger partial charge in [-0.3, -0.25) is 9.59 Å². The number of allylic oxidation sites excluding steroid dienone is 1. The molecule has 0 unspecified atom stereocenters. The SMILES string of the molecule is Nc1ccc(/C=C/C(=O)CCc2cc3cc(-c4ccc(C(=O)N5CC[C@H](F)C5)cc4)cc(C(F)(F)F)c3o2)cn1. The van der Waals surface area contributed by atoms with Crippen LogP contribution in [-0.2, 0) is 17.4 Å². The van der Waals surface area contributed by atoms with Crippen LogP contribution in [0.2, 0.25) is 0 Å². The predicted octanol–water partition coefficient (Wildman–Crippen LogP) is 6.49. The second kappa shape index (κ2) is 11.0. The summed E-state index contributed by atoms with van der Waals surface area (Å²) < 4.78 is 61.0. The van der Waals surface area contributed by atoms with Crippen LogP contribution >= 0.6 is 0 Å². The van der Waals surface area contributed by atoms with Gasteiger partial charge in [0.2, 0.25) is 0 Å². The normalized spacial score (nSPS) is 15.8. The summed E-state index contributed by atoms with van der Waals surface area (Å²) in [6.45, 7) is 0.370. The molecule has 0 saturated carbocycles. The van der Waals surface area contributed by atoms with Gasteiger partial charge in [0, 0.05) is 36.5 Å². The number of nitrogens with two attached hydrogens (primary N) is 1. The number of fused-ring (bicyclic) bond motifs is 1. The number of likely N-dealkylation sites (tertiary alicyclic amines) is 1. The van der Waals surface area contributed by atoms with Gasteiger partial charge in [-0.25, -0.2) is 9.37 Å². The van der Waals surface area contributed by atoms with E-state index in [4.69, 9.17) is 10.2 Å². The van der Waals surface area contributed by atoms with E-state index in [1.165, 1.54) is 35.4 Å². The summed E-state index contributed by atoms with van der Waals surface area (Å²) in [4.78, 5) is 30.3. The van der Waals surface area contributed by atoms with Crippen molar-refractivity contribution in [1.82, 2.24) is 9.88 Å². The summed E-state index contributed by atoms with van der Waals surface area (Å²) >= 11 is 0. The van der Waals surface area contributed by atoms with Gasteiger partial charge in [0.15, 0.2) is 5.78 Å². The average Bonchev–Trinajstić information content (AvgIpc) is 3.56. The second-order valence-electron chi connectivity index (χ2n) is 9.68. The third-order valence-corrected chi connectivity index (χ3v) is 6.74. The maximum absolute atomic E-state index is 14.0. The number of alkyl halides is 4. The van der Waals surface area contributed by atoms with Crippen LogP contribution < -0.4 is 5.73 Å². The highest BCUT2D eigenvalue weighted by Crippen LogP contribution is 2.39. The molecule has 0 bridgehead atoms. The van der Waals surface area contributed by atoms with Crippen LogP contribution in [0.5, 0.6) is 0 Å². The first-order valence-electron chi connectivity index (χ1n) is 12.7. The Morgan fingerprint density at radius 1 is 1.07 bits per heavy atom. The lowest BCUT2D eigenvalue weighted by Crippen LogP contribution is -2.28. The fraction of sp³-hybridized carbons (Fsp3) is 0.233. The standard InChI is InChI=1S/C30H25F4N3O3/c31-23-11-12-37(17-23)29(39)20-5-3-19(4-6-20)21-13-22-14-25(40-28(22)26(15-21)30(32,33)34)9-8-24(38)7-1-18-2-10-27(35)36-16-18/h1-7,10,13-16,23H,8-9,11-12,17H2,(H2,35,36)/b7-1+/t23-/m0/s1. The van der Waals surface area contributed by atoms with Crippen molar-refractivity contribution in [1.29, 1.82) is 0 Å². The zero-order chi connectivity index (χ0) is 28.4. The largest absolute Gasteiger partial charge is 0.460 e. The summed E-state index contributed by atoms with van der Waals surface area (Å²) in [7, 11) is 0. The minimum absolute atomic E-state index is 0.0387. The monoisotopic (exact) mass is 551 g/mol. The molecule has 0 spiro atoms. The molecule has 2 N–H and O–H groups in total. The van der Waals surface area contributed by atoms with Crippen molar-refractivity contribution in [3.8, 4) is 11.1 Å². The maximum Gasteiger partial charge on any atom is 0.420 e. The molecule has 0 aliphatic carbocycles. The number of ketones is 1. The first-order valence-corrected chi connectivity index (χ1v) is 12.7. The summed E-state index contributed by atoms with van der Waals surface area (Å²) in [5, 5.41) is 0.252. The second-order valence-corrected chi connectivity index (χ2v) is 9.68. The Labute approximate surface area is 227 Å². The molecule has 1 saturated heterocycles. The molecule has 5 rings (SSSR count). The molecule has 40 heavy (non-hydrogen) atoms. The summed E-state index contributed by atoms with van der Waals surface area (Å²) in [5.41, 5.74) is 6.12. The molecule has 2 aromatic carbocycles. The fourth-order valence-electron chi connectivity index (χ4n) is 4.63. The highest BCUT2D eigenvalue weighted by molar-refractivity contribution is 5.95. The van der Waals surface area contributed by atoms with E-state index in [0.717, 1.165) is 6.07 Å². The Balaban J connectivity index is 1.35. The van der Waals surface area contributed by atoms with Crippen LogP contribution in [0.3, 0.4) is 0 Å². The van der Waals surface area contributed by atoms with E-state index in [0.29, 0.717) is 41.0 Å². The molecular formula is C30H25F4N3O3. The van der Waals surface area contributed by atoms with E-state index in [1.807, 2.05) is 0 Å². The lowest BCUT2D eigenvalue weighted by molar-refractivity contribution is -0.136. The number of rotatable bonds is 7. The Morgan fingerprint density at radius 2 is 1.85 bits per heavy atom. The number of hydrogen-bond donors (Lipinski definition) is 1. The summed E-state index contributed by atoms with van der Waals surface area (Å²) in [5.74, 6) is 0.0786. The number of benzene rings is 2. The van der Waals surface area contributed by atoms with Crippen molar-refractivity contribution in [2.45, 2.75) is 31.6 Å². The fourth-order valence-corrected chi connectivity index (χ4v) is 4.63. The topological polar surface area (TPSA) is 89.4 Å². The molecular weight excluding hydrogens is 526 g/mol. The number of carbonyl (C=O) groups excluding carboxylic acids is 2. The van der Waals surface area contributed by atoms with Crippen LogP contribution in [0.25, 0.3) is 28.2 Å². The van der Waals surface area contributed by atoms with Crippen molar-refractivity contribution < 1.29 is 31.6 Å². The summed E-state index contributed by atoms with van der Waals surface area (Å²) in [6.07, 6.45) is -0.773. The van der Waals surface area contributed by atoms with Crippen LogP contribution in [0, 0.1) is 0 Å². The third-order valence-electron chi connectivity index (χ3n) is 6.74. The minimum atomic E-state index is -4.68. The van der Waals surface area contributed by atoms with Crippen molar-refractivity contribution in [3.63, 3.8) is 0 Å². The van der Waals surface area contributed by atoms with Crippen molar-refractivity contribution in [2.24, 2.45) is 0 Å². The number of hydrogen-bond acceptors (Lipinski definition) is 5. The van der Waals surface area contributed by atoms with Gasteiger partial charge in [-0.1, -0.05) is 12.1 Å². The number of amides is 1. The zero-order valence-electron chi connectivity index (χ0n) is 21.2. The number of furan rings is 1. The van der Waals surface area contributed by atoms with E-state index in [2.05, 4.69) is 4.98 Å². The number of aromatic nitrogens is 1. The number of aryl methyl sites for hydroxylation is 1. The molecule has 206 valence electrons. The molecule has 1 fully saturated rings. The van der Waals surface area contributed by atoms with Gasteiger partial charge in [0.25, 0.3) is 5.91 Å². The van der Waals surface area contributed by atoms with Crippen molar-refractivity contribution in [2.75, 3.05) is 18.8 Å². The molecule has 1 atom stereocenters. The van der Waals surface area contributed by atoms with Crippen LogP contribution in [0.15, 0.2) is 71.3 Å². The molecule has 4 aromatic rings. The molecule has 0 radical (unpaired) electrons. The Kier molecular flexibility index (Phi) is 7.42. The number of halogens is 4. The molecule has 1 amide bonds. The lowest BCUT2D eigenvalue weighted by Gasteiger charge is -2.15. The first-order chi connectivity index (χ1) is 19.1. The molecule has 2 aromatic heterocycles. The number of nitrogens with zero attached hydrogens (tertiary/aromatic N) is 2. The predicted molar refractivity (Wildman–Crippen MR) is 143 cm³/mol. The number of nitrogen functional groups attached to an aromatic ring is 1. The first kappa shape index (κ1) is 27.1. The van der Waals surface area contributed by atoms with Gasteiger partial charge >= 0.3 is 6.18 Å². The number of carbonyl (C=O) groups is 2. The lowest BCUT2D eigenvalue weighted by atomic mass is 9.99. The third kappa shape index (κ3) is 6.06. The summed E-state index contributed by atoms with van der Waals surface area (Å²) in [6, 6.07) is 13.6. The van der Waals surface area contributed by atoms with E-state index in [1.54, 1.807) is 36.4 Å². The van der Waals surface area contributed by atoms with E-state index in [-0.39, 0.29) is 47.8 Å². The van der Waals surface area contributed by atoms with Gasteiger partial charge in [0.05, 0.1) is 12.1 Å². The van der Waals surface area contributed by atoms with Gasteiger partial charge in [-0.15, -0.1) is 0 Å². The van der Waals surface area contributed by atoms with Crippen LogP contribution in [0.1, 0.15) is 40.1 Å². The number of pyridine rings is 1. The van der Waals surface area contributed by atoms with Gasteiger partial charge < -0.3 is 15.1 Å². The molecule has 1 aliphatic rings. The minimum Gasteiger partial charge on any atom is -0.460 e. The molecule has 10 heteroatoms. The highest BCUT2D eigenvalue weighted by Gasteiger charge is 2.35. The van der Waals surface area contributed by atoms with Gasteiger partial charge in [-0.05, 0) is 77.7 Å². The highest BCUT2D eigenvalue weighted by atomic mass is 19.4. The molecule has 1 aliphatic heterocycles. The Bertz CT molecular complexity index is 1580. The smallest absolute Gasteiger partial charge is 0.420 e. The Hall–Kier alpha value is -4.47. The van der Waals surface area contributed by atoms with Gasteiger partial charge in [-0.2, -0.15) is 13.2 Å². The van der Waals surface area contributed by atoms with E-state index in [9.17, 15) is 27.2 Å². The van der Waals surface area contributed by atoms with E-state index >= 15 is 0 Å². The van der Waals surface area contributed by atoms with Crippen LogP contribution in [0.4, 0.5) is 23.4 Å². The van der Waals surface area contributed by atoms with Crippen molar-refractivity contribution in [3.05, 3.63) is 89.3 Å². The average molecular weight is 552 g/mol. The number of anilines is 1. The van der Waals surface area contributed by atoms with Gasteiger partial charge in [0.1, 0.15) is 23.3 Å². The van der Waals surface area contributed by atoms with E-state index < -0.39 is 17.9 Å². The Morgan fingerprint density at radius 3 is 2.50 bits per heavy atom. The molecule has 6 nitrogen and oxygen atoms in total. The molecule has 3 heterocycles. The maximum atomic E-state index is 14.0. The zero-order valence-corrected chi connectivity index (χ0v) is 21.2. The van der Waals surface area contributed by atoms with Crippen LogP contribution in [-0.4, -0.2) is 40.8 Å². The van der Waals surface area contributed by atoms with Crippen molar-refractivity contribution >= 4 is 34.6 Å².